The molecular formula is C21H32ClFN2O. The quantitative estimate of drug-likeness (QED) is 0.774. The number of rotatable bonds is 6. The van der Waals surface area contributed by atoms with Crippen molar-refractivity contribution in [2.75, 3.05) is 13.1 Å². The predicted molar refractivity (Wildman–Crippen MR) is 106 cm³/mol. The molecule has 1 aromatic carbocycles. The number of carbonyl (C=O) groups is 1. The Labute approximate surface area is 163 Å². The maximum absolute atomic E-state index is 13.2. The van der Waals surface area contributed by atoms with Crippen LogP contribution in [-0.2, 0) is 11.3 Å². The minimum atomic E-state index is -0.217. The summed E-state index contributed by atoms with van der Waals surface area (Å²) in [7, 11) is 0. The van der Waals surface area contributed by atoms with Gasteiger partial charge in [-0.15, -0.1) is 12.4 Å². The lowest BCUT2D eigenvalue weighted by Gasteiger charge is -2.35. The fourth-order valence-electron chi connectivity index (χ4n) is 4.24. The SMILES string of the molecule is Cl.O=C(CCC1CCNCC1)N(Cc1ccc(F)cc1)C1CCCCC1. The van der Waals surface area contributed by atoms with E-state index in [0.29, 0.717) is 24.9 Å². The van der Waals surface area contributed by atoms with E-state index >= 15 is 0 Å². The highest BCUT2D eigenvalue weighted by atomic mass is 35.5. The molecule has 1 aliphatic carbocycles. The molecule has 2 fully saturated rings. The smallest absolute Gasteiger partial charge is 0.223 e. The Hall–Kier alpha value is -1.13. The highest BCUT2D eigenvalue weighted by Gasteiger charge is 2.26. The number of amides is 1. The summed E-state index contributed by atoms with van der Waals surface area (Å²) >= 11 is 0. The van der Waals surface area contributed by atoms with Gasteiger partial charge in [0.1, 0.15) is 5.82 Å². The zero-order chi connectivity index (χ0) is 17.5. The molecule has 1 aliphatic heterocycles. The van der Waals surface area contributed by atoms with Gasteiger partial charge in [-0.2, -0.15) is 0 Å². The lowest BCUT2D eigenvalue weighted by molar-refractivity contribution is -0.135. The fourth-order valence-corrected chi connectivity index (χ4v) is 4.24. The van der Waals surface area contributed by atoms with Gasteiger partial charge >= 0.3 is 0 Å². The lowest BCUT2D eigenvalue weighted by atomic mass is 9.91. The van der Waals surface area contributed by atoms with Crippen LogP contribution in [0.2, 0.25) is 0 Å². The Bertz CT molecular complexity index is 539. The number of piperidine rings is 1. The molecule has 0 radical (unpaired) electrons. The van der Waals surface area contributed by atoms with E-state index in [1.54, 1.807) is 0 Å². The largest absolute Gasteiger partial charge is 0.335 e. The van der Waals surface area contributed by atoms with Gasteiger partial charge in [0.15, 0.2) is 0 Å². The maximum Gasteiger partial charge on any atom is 0.223 e. The third-order valence-corrected chi connectivity index (χ3v) is 5.83. The van der Waals surface area contributed by atoms with E-state index in [0.717, 1.165) is 37.9 Å². The first-order valence-electron chi connectivity index (χ1n) is 9.97. The first kappa shape index (κ1) is 21.2. The van der Waals surface area contributed by atoms with Crippen LogP contribution in [0.4, 0.5) is 4.39 Å². The van der Waals surface area contributed by atoms with Crippen LogP contribution in [0.1, 0.15) is 63.4 Å². The molecule has 1 saturated heterocycles. The molecule has 1 saturated carbocycles. The van der Waals surface area contributed by atoms with Crippen LogP contribution in [0.5, 0.6) is 0 Å². The Balaban J connectivity index is 0.00000243. The predicted octanol–water partition coefficient (Wildman–Crippen LogP) is 4.69. The molecule has 3 nitrogen and oxygen atoms in total. The normalized spacial score (nSPS) is 19.0. The van der Waals surface area contributed by atoms with Gasteiger partial charge in [-0.05, 0) is 68.8 Å². The molecule has 0 bridgehead atoms. The van der Waals surface area contributed by atoms with E-state index in [9.17, 15) is 9.18 Å². The molecule has 0 atom stereocenters. The lowest BCUT2D eigenvalue weighted by Crippen LogP contribution is -2.41. The second kappa shape index (κ2) is 10.9. The van der Waals surface area contributed by atoms with Crippen LogP contribution in [0.25, 0.3) is 0 Å². The summed E-state index contributed by atoms with van der Waals surface area (Å²) in [6, 6.07) is 6.97. The molecule has 146 valence electrons. The fraction of sp³-hybridized carbons (Fsp3) is 0.667. The highest BCUT2D eigenvalue weighted by molar-refractivity contribution is 5.85. The molecule has 0 unspecified atom stereocenters. The van der Waals surface area contributed by atoms with Crippen LogP contribution in [0.3, 0.4) is 0 Å². The molecule has 0 spiro atoms. The second-order valence-corrected chi connectivity index (χ2v) is 7.67. The topological polar surface area (TPSA) is 32.3 Å². The van der Waals surface area contributed by atoms with Crippen molar-refractivity contribution in [2.45, 2.75) is 70.4 Å². The number of benzene rings is 1. The minimum Gasteiger partial charge on any atom is -0.335 e. The van der Waals surface area contributed by atoms with Crippen molar-refractivity contribution in [3.8, 4) is 0 Å². The molecule has 1 amide bonds. The number of hydrogen-bond acceptors (Lipinski definition) is 2. The molecule has 26 heavy (non-hydrogen) atoms. The number of halogens is 2. The average molecular weight is 383 g/mol. The Morgan fingerprint density at radius 1 is 1.04 bits per heavy atom. The Morgan fingerprint density at radius 3 is 2.35 bits per heavy atom. The highest BCUT2D eigenvalue weighted by Crippen LogP contribution is 2.26. The first-order valence-corrected chi connectivity index (χ1v) is 9.97. The first-order chi connectivity index (χ1) is 12.2. The zero-order valence-corrected chi connectivity index (χ0v) is 16.4. The van der Waals surface area contributed by atoms with Crippen LogP contribution in [-0.4, -0.2) is 29.9 Å². The van der Waals surface area contributed by atoms with E-state index in [-0.39, 0.29) is 24.1 Å². The van der Waals surface area contributed by atoms with Gasteiger partial charge < -0.3 is 10.2 Å². The molecule has 3 rings (SSSR count). The van der Waals surface area contributed by atoms with E-state index < -0.39 is 0 Å². The van der Waals surface area contributed by atoms with E-state index in [4.69, 9.17) is 0 Å². The number of nitrogens with one attached hydrogen (secondary N) is 1. The zero-order valence-electron chi connectivity index (χ0n) is 15.6. The summed E-state index contributed by atoms with van der Waals surface area (Å²) in [5.41, 5.74) is 1.03. The number of hydrogen-bond donors (Lipinski definition) is 1. The van der Waals surface area contributed by atoms with Crippen LogP contribution >= 0.6 is 12.4 Å². The third-order valence-electron chi connectivity index (χ3n) is 5.83. The second-order valence-electron chi connectivity index (χ2n) is 7.67. The van der Waals surface area contributed by atoms with Crippen molar-refractivity contribution in [3.63, 3.8) is 0 Å². The standard InChI is InChI=1S/C21H31FN2O.ClH/c22-19-9-6-18(7-10-19)16-24(20-4-2-1-3-5-20)21(25)11-8-17-12-14-23-15-13-17;/h6-7,9-10,17,20,23H,1-5,8,11-16H2;1H. The van der Waals surface area contributed by atoms with Crippen molar-refractivity contribution < 1.29 is 9.18 Å². The maximum atomic E-state index is 13.2. The molecule has 0 aromatic heterocycles. The van der Waals surface area contributed by atoms with Gasteiger partial charge in [-0.3, -0.25) is 4.79 Å². The van der Waals surface area contributed by atoms with Gasteiger partial charge in [0.2, 0.25) is 5.91 Å². The van der Waals surface area contributed by atoms with E-state index in [1.165, 1.54) is 44.2 Å². The van der Waals surface area contributed by atoms with Crippen LogP contribution in [0.15, 0.2) is 24.3 Å². The summed E-state index contributed by atoms with van der Waals surface area (Å²) in [6.07, 6.45) is 9.97. The monoisotopic (exact) mass is 382 g/mol. The van der Waals surface area contributed by atoms with E-state index in [1.807, 2.05) is 12.1 Å². The minimum absolute atomic E-state index is 0. The van der Waals surface area contributed by atoms with Gasteiger partial charge in [0.05, 0.1) is 0 Å². The number of nitrogens with zero attached hydrogens (tertiary/aromatic N) is 1. The van der Waals surface area contributed by atoms with Gasteiger partial charge in [0.25, 0.3) is 0 Å². The summed E-state index contributed by atoms with van der Waals surface area (Å²) in [5, 5.41) is 3.39. The van der Waals surface area contributed by atoms with Gasteiger partial charge in [-0.25, -0.2) is 4.39 Å². The van der Waals surface area contributed by atoms with Crippen molar-refractivity contribution >= 4 is 18.3 Å². The summed E-state index contributed by atoms with van der Waals surface area (Å²) in [6.45, 7) is 2.79. The third kappa shape index (κ3) is 6.24. The van der Waals surface area contributed by atoms with Crippen LogP contribution in [0, 0.1) is 11.7 Å². The van der Waals surface area contributed by atoms with Gasteiger partial charge in [-0.1, -0.05) is 31.4 Å². The molecular weight excluding hydrogens is 351 g/mol. The Morgan fingerprint density at radius 2 is 1.69 bits per heavy atom. The molecule has 2 aliphatic rings. The van der Waals surface area contributed by atoms with Gasteiger partial charge in [0, 0.05) is 19.0 Å². The number of carbonyl (C=O) groups excluding carboxylic acids is 1. The average Bonchev–Trinajstić information content (AvgIpc) is 2.67. The molecule has 5 heteroatoms. The molecule has 1 heterocycles. The van der Waals surface area contributed by atoms with Crippen molar-refractivity contribution in [2.24, 2.45) is 5.92 Å². The summed E-state index contributed by atoms with van der Waals surface area (Å²) in [5.74, 6) is 0.754. The van der Waals surface area contributed by atoms with Crippen molar-refractivity contribution in [1.82, 2.24) is 10.2 Å². The Kier molecular flexibility index (Phi) is 8.86. The van der Waals surface area contributed by atoms with Crippen LogP contribution < -0.4 is 5.32 Å². The molecule has 1 N–H and O–H groups in total. The summed E-state index contributed by atoms with van der Waals surface area (Å²) < 4.78 is 13.2. The van der Waals surface area contributed by atoms with Crippen molar-refractivity contribution in [3.05, 3.63) is 35.6 Å². The van der Waals surface area contributed by atoms with Crippen molar-refractivity contribution in [1.29, 1.82) is 0 Å². The summed E-state index contributed by atoms with van der Waals surface area (Å²) in [4.78, 5) is 15.1. The molecule has 1 aromatic rings. The van der Waals surface area contributed by atoms with E-state index in [2.05, 4.69) is 10.2 Å².